The highest BCUT2D eigenvalue weighted by Crippen LogP contribution is 2.17. The summed E-state index contributed by atoms with van der Waals surface area (Å²) in [7, 11) is 1.60. The van der Waals surface area contributed by atoms with Crippen LogP contribution in [0.25, 0.3) is 0 Å². The van der Waals surface area contributed by atoms with Crippen LogP contribution in [0.2, 0.25) is 0 Å². The molecule has 132 valence electrons. The Morgan fingerprint density at radius 3 is 2.62 bits per heavy atom. The third kappa shape index (κ3) is 4.36. The molecule has 0 aliphatic carbocycles. The monoisotopic (exact) mass is 348 g/mol. The van der Waals surface area contributed by atoms with E-state index in [4.69, 9.17) is 4.74 Å². The molecule has 0 fully saturated rings. The van der Waals surface area contributed by atoms with Gasteiger partial charge in [0.15, 0.2) is 11.5 Å². The topological polar surface area (TPSA) is 76.1 Å². The number of amides is 1. The van der Waals surface area contributed by atoms with Crippen molar-refractivity contribution in [2.24, 2.45) is 0 Å². The largest absolute Gasteiger partial charge is 0.496 e. The van der Waals surface area contributed by atoms with Crippen molar-refractivity contribution >= 4 is 17.4 Å². The van der Waals surface area contributed by atoms with Crippen molar-refractivity contribution in [3.8, 4) is 5.75 Å². The van der Waals surface area contributed by atoms with Crippen LogP contribution in [-0.2, 0) is 6.54 Å². The van der Waals surface area contributed by atoms with Gasteiger partial charge in [0.2, 0.25) is 0 Å². The Balaban J connectivity index is 1.61. The zero-order chi connectivity index (χ0) is 18.4. The van der Waals surface area contributed by atoms with Gasteiger partial charge in [-0.25, -0.2) is 0 Å². The molecule has 0 spiro atoms. The Kier molecular flexibility index (Phi) is 5.43. The van der Waals surface area contributed by atoms with Crippen molar-refractivity contribution in [2.45, 2.75) is 13.5 Å². The van der Waals surface area contributed by atoms with Gasteiger partial charge in [-0.1, -0.05) is 30.3 Å². The molecular formula is C20H20N4O2. The Labute approximate surface area is 152 Å². The maximum Gasteiger partial charge on any atom is 0.272 e. The molecule has 0 bridgehead atoms. The van der Waals surface area contributed by atoms with Crippen molar-refractivity contribution in [2.75, 3.05) is 12.4 Å². The minimum atomic E-state index is -0.287. The molecule has 0 radical (unpaired) electrons. The fraction of sp³-hybridized carbons (Fsp3) is 0.150. The summed E-state index contributed by atoms with van der Waals surface area (Å²) in [5.74, 6) is 1.03. The molecule has 6 nitrogen and oxygen atoms in total. The number of aromatic nitrogens is 2. The third-order valence-corrected chi connectivity index (χ3v) is 3.82. The van der Waals surface area contributed by atoms with Gasteiger partial charge in [-0.2, -0.15) is 0 Å². The molecule has 0 aliphatic heterocycles. The lowest BCUT2D eigenvalue weighted by Crippen LogP contribution is -2.24. The van der Waals surface area contributed by atoms with Crippen LogP contribution in [0.5, 0.6) is 5.75 Å². The highest BCUT2D eigenvalue weighted by Gasteiger charge is 2.10. The summed E-state index contributed by atoms with van der Waals surface area (Å²) in [6.45, 7) is 2.37. The number of carbonyl (C=O) groups excluding carboxylic acids is 1. The lowest BCUT2D eigenvalue weighted by atomic mass is 10.2. The number of carbonyl (C=O) groups is 1. The normalized spacial score (nSPS) is 10.2. The number of nitrogens with zero attached hydrogens (tertiary/aromatic N) is 2. The van der Waals surface area contributed by atoms with Gasteiger partial charge in [-0.3, -0.25) is 4.79 Å². The average molecular weight is 348 g/mol. The smallest absolute Gasteiger partial charge is 0.272 e. The van der Waals surface area contributed by atoms with Gasteiger partial charge < -0.3 is 15.4 Å². The highest BCUT2D eigenvalue weighted by molar-refractivity contribution is 5.92. The van der Waals surface area contributed by atoms with Crippen LogP contribution in [-0.4, -0.2) is 23.2 Å². The number of rotatable bonds is 6. The fourth-order valence-electron chi connectivity index (χ4n) is 2.51. The van der Waals surface area contributed by atoms with Crippen molar-refractivity contribution in [1.29, 1.82) is 0 Å². The van der Waals surface area contributed by atoms with Crippen molar-refractivity contribution in [3.05, 3.63) is 77.5 Å². The van der Waals surface area contributed by atoms with Crippen LogP contribution < -0.4 is 15.4 Å². The number of para-hydroxylation sites is 1. The van der Waals surface area contributed by atoms with Crippen molar-refractivity contribution < 1.29 is 9.53 Å². The van der Waals surface area contributed by atoms with E-state index in [0.717, 1.165) is 22.6 Å². The summed E-state index contributed by atoms with van der Waals surface area (Å²) in [6, 6.07) is 18.8. The standard InChI is InChI=1S/C20H20N4O2/c1-14-6-5-8-16(12-14)22-19-11-10-17(23-24-19)20(25)21-13-15-7-3-4-9-18(15)26-2/h3-12H,13H2,1-2H3,(H,21,25)(H,22,24). The number of anilines is 2. The molecule has 3 aromatic rings. The molecule has 0 saturated carbocycles. The van der Waals surface area contributed by atoms with Crippen LogP contribution in [0.4, 0.5) is 11.5 Å². The zero-order valence-corrected chi connectivity index (χ0v) is 14.7. The van der Waals surface area contributed by atoms with E-state index in [1.165, 1.54) is 0 Å². The molecular weight excluding hydrogens is 328 g/mol. The second-order valence-electron chi connectivity index (χ2n) is 5.79. The van der Waals surface area contributed by atoms with Crippen LogP contribution in [0, 0.1) is 6.92 Å². The molecule has 26 heavy (non-hydrogen) atoms. The molecule has 0 unspecified atom stereocenters. The number of aryl methyl sites for hydroxylation is 1. The number of hydrogen-bond donors (Lipinski definition) is 2. The summed E-state index contributed by atoms with van der Waals surface area (Å²) in [6.07, 6.45) is 0. The van der Waals surface area contributed by atoms with Crippen molar-refractivity contribution in [1.82, 2.24) is 15.5 Å². The summed E-state index contributed by atoms with van der Waals surface area (Å²) in [5.41, 5.74) is 3.23. The maximum absolute atomic E-state index is 12.3. The van der Waals surface area contributed by atoms with Gasteiger partial charge in [0.25, 0.3) is 5.91 Å². The summed E-state index contributed by atoms with van der Waals surface area (Å²) in [4.78, 5) is 12.3. The number of methoxy groups -OCH3 is 1. The van der Waals surface area contributed by atoms with Gasteiger partial charge >= 0.3 is 0 Å². The summed E-state index contributed by atoms with van der Waals surface area (Å²) < 4.78 is 5.28. The average Bonchev–Trinajstić information content (AvgIpc) is 2.67. The zero-order valence-electron chi connectivity index (χ0n) is 14.7. The first-order valence-electron chi connectivity index (χ1n) is 8.23. The minimum Gasteiger partial charge on any atom is -0.496 e. The van der Waals surface area contributed by atoms with Crippen molar-refractivity contribution in [3.63, 3.8) is 0 Å². The first kappa shape index (κ1) is 17.4. The van der Waals surface area contributed by atoms with Gasteiger partial charge in [0, 0.05) is 17.8 Å². The number of benzene rings is 2. The van der Waals surface area contributed by atoms with E-state index in [0.29, 0.717) is 12.4 Å². The number of hydrogen-bond acceptors (Lipinski definition) is 5. The molecule has 6 heteroatoms. The van der Waals surface area contributed by atoms with Gasteiger partial charge in [0.05, 0.1) is 7.11 Å². The molecule has 1 amide bonds. The lowest BCUT2D eigenvalue weighted by Gasteiger charge is -2.09. The van der Waals surface area contributed by atoms with E-state index in [1.54, 1.807) is 19.2 Å². The predicted octanol–water partition coefficient (Wildman–Crippen LogP) is 3.47. The van der Waals surface area contributed by atoms with Gasteiger partial charge in [0.1, 0.15) is 5.75 Å². The molecule has 1 heterocycles. The van der Waals surface area contributed by atoms with E-state index in [9.17, 15) is 4.79 Å². The van der Waals surface area contributed by atoms with E-state index in [1.807, 2.05) is 55.5 Å². The summed E-state index contributed by atoms with van der Waals surface area (Å²) in [5, 5.41) is 14.0. The molecule has 0 atom stereocenters. The van der Waals surface area contributed by atoms with Crippen LogP contribution >= 0.6 is 0 Å². The first-order chi connectivity index (χ1) is 12.7. The molecule has 0 aliphatic rings. The molecule has 2 aromatic carbocycles. The molecule has 3 rings (SSSR count). The molecule has 0 saturated heterocycles. The third-order valence-electron chi connectivity index (χ3n) is 3.82. The van der Waals surface area contributed by atoms with Crippen LogP contribution in [0.15, 0.2) is 60.7 Å². The Morgan fingerprint density at radius 2 is 1.88 bits per heavy atom. The number of ether oxygens (including phenoxy) is 1. The Morgan fingerprint density at radius 1 is 1.04 bits per heavy atom. The van der Waals surface area contributed by atoms with E-state index < -0.39 is 0 Å². The predicted molar refractivity (Wildman–Crippen MR) is 101 cm³/mol. The second kappa shape index (κ2) is 8.11. The minimum absolute atomic E-state index is 0.259. The summed E-state index contributed by atoms with van der Waals surface area (Å²) >= 11 is 0. The van der Waals surface area contributed by atoms with Crippen LogP contribution in [0.1, 0.15) is 21.6 Å². The van der Waals surface area contributed by atoms with Crippen LogP contribution in [0.3, 0.4) is 0 Å². The van der Waals surface area contributed by atoms with Gasteiger partial charge in [-0.05, 0) is 42.8 Å². The molecule has 1 aromatic heterocycles. The van der Waals surface area contributed by atoms with E-state index >= 15 is 0 Å². The first-order valence-corrected chi connectivity index (χ1v) is 8.23. The quantitative estimate of drug-likeness (QED) is 0.713. The van der Waals surface area contributed by atoms with Gasteiger partial charge in [-0.15, -0.1) is 10.2 Å². The Hall–Kier alpha value is -3.41. The SMILES string of the molecule is COc1ccccc1CNC(=O)c1ccc(Nc2cccc(C)c2)nn1. The van der Waals surface area contributed by atoms with E-state index in [-0.39, 0.29) is 11.6 Å². The van der Waals surface area contributed by atoms with E-state index in [2.05, 4.69) is 20.8 Å². The number of nitrogens with one attached hydrogen (secondary N) is 2. The second-order valence-corrected chi connectivity index (χ2v) is 5.79. The Bertz CT molecular complexity index is 894. The fourth-order valence-corrected chi connectivity index (χ4v) is 2.51. The maximum atomic E-state index is 12.3. The highest BCUT2D eigenvalue weighted by atomic mass is 16.5. The molecule has 2 N–H and O–H groups in total. The lowest BCUT2D eigenvalue weighted by molar-refractivity contribution is 0.0944.